The molecule has 0 aromatic heterocycles. The smallest absolute Gasteiger partial charge is 0.317 e. The van der Waals surface area contributed by atoms with Crippen molar-refractivity contribution < 1.29 is 14.3 Å². The average Bonchev–Trinajstić information content (AvgIpc) is 3.04. The Bertz CT molecular complexity index is 351. The number of morpholine rings is 2. The lowest BCUT2D eigenvalue weighted by Gasteiger charge is -2.43. The van der Waals surface area contributed by atoms with E-state index in [1.54, 1.807) is 0 Å². The maximum atomic E-state index is 12.3. The Hall–Kier alpha value is -0.500. The molecular weight excluding hydrogens is 290 g/mol. The molecule has 0 bridgehead atoms. The van der Waals surface area contributed by atoms with E-state index in [0.717, 1.165) is 45.0 Å². The average molecular weight is 315 g/mol. The topological polar surface area (TPSA) is 54.0 Å². The zero-order chi connectivity index (χ0) is 14.5. The number of urea groups is 1. The molecule has 3 aliphatic rings. The van der Waals surface area contributed by atoms with Crippen LogP contribution >= 0.6 is 11.8 Å². The minimum atomic E-state index is 0.0582. The number of ether oxygens (including phenoxy) is 2. The van der Waals surface area contributed by atoms with Gasteiger partial charge >= 0.3 is 6.03 Å². The summed E-state index contributed by atoms with van der Waals surface area (Å²) in [6.45, 7) is 7.03. The van der Waals surface area contributed by atoms with Crippen molar-refractivity contribution in [1.82, 2.24) is 15.1 Å². The Kier molecular flexibility index (Phi) is 5.26. The van der Waals surface area contributed by atoms with E-state index in [1.807, 2.05) is 16.7 Å². The van der Waals surface area contributed by atoms with Gasteiger partial charge in [-0.3, -0.25) is 4.90 Å². The summed E-state index contributed by atoms with van der Waals surface area (Å²) in [6, 6.07) is 0.0582. The third kappa shape index (κ3) is 3.64. The number of nitrogens with one attached hydrogen (secondary N) is 1. The van der Waals surface area contributed by atoms with Gasteiger partial charge in [0.1, 0.15) is 0 Å². The molecule has 0 spiro atoms. The first-order valence-corrected chi connectivity index (χ1v) is 8.97. The van der Waals surface area contributed by atoms with E-state index in [9.17, 15) is 4.79 Å². The number of carbonyl (C=O) groups is 1. The highest BCUT2D eigenvalue weighted by molar-refractivity contribution is 7.99. The molecule has 3 fully saturated rings. The first-order valence-electron chi connectivity index (χ1n) is 7.81. The Morgan fingerprint density at radius 2 is 1.76 bits per heavy atom. The van der Waals surface area contributed by atoms with E-state index in [4.69, 9.17) is 9.47 Å². The number of hydrogen-bond acceptors (Lipinski definition) is 5. The van der Waals surface area contributed by atoms with Crippen LogP contribution < -0.4 is 5.32 Å². The van der Waals surface area contributed by atoms with E-state index >= 15 is 0 Å². The molecule has 120 valence electrons. The SMILES string of the molecule is O=C(NCC1(N2CCOCC2)CCSC1)N1CCOCC1. The molecule has 1 unspecified atom stereocenters. The third-order valence-corrected chi connectivity index (χ3v) is 5.87. The van der Waals surface area contributed by atoms with E-state index in [1.165, 1.54) is 5.75 Å². The fourth-order valence-corrected chi connectivity index (χ4v) is 4.73. The second kappa shape index (κ2) is 7.17. The third-order valence-electron chi connectivity index (χ3n) is 4.63. The summed E-state index contributed by atoms with van der Waals surface area (Å²) < 4.78 is 10.8. The molecule has 0 aromatic rings. The van der Waals surface area contributed by atoms with Crippen molar-refractivity contribution in [3.63, 3.8) is 0 Å². The van der Waals surface area contributed by atoms with Crippen molar-refractivity contribution >= 4 is 17.8 Å². The highest BCUT2D eigenvalue weighted by atomic mass is 32.2. The summed E-state index contributed by atoms with van der Waals surface area (Å²) in [4.78, 5) is 16.7. The zero-order valence-corrected chi connectivity index (χ0v) is 13.3. The van der Waals surface area contributed by atoms with Crippen molar-refractivity contribution in [3.8, 4) is 0 Å². The van der Waals surface area contributed by atoms with Crippen molar-refractivity contribution in [2.45, 2.75) is 12.0 Å². The van der Waals surface area contributed by atoms with Crippen LogP contribution in [0.4, 0.5) is 4.79 Å². The fourth-order valence-electron chi connectivity index (χ4n) is 3.25. The van der Waals surface area contributed by atoms with E-state index in [-0.39, 0.29) is 11.6 Å². The van der Waals surface area contributed by atoms with Crippen molar-refractivity contribution in [1.29, 1.82) is 0 Å². The van der Waals surface area contributed by atoms with Crippen LogP contribution in [0, 0.1) is 0 Å². The Balaban J connectivity index is 1.56. The molecule has 1 N–H and O–H groups in total. The molecule has 2 amide bonds. The normalized spacial score (nSPS) is 31.3. The van der Waals surface area contributed by atoms with Gasteiger partial charge in [-0.15, -0.1) is 0 Å². The number of nitrogens with zero attached hydrogens (tertiary/aromatic N) is 2. The summed E-state index contributed by atoms with van der Waals surface area (Å²) in [6.07, 6.45) is 1.15. The van der Waals surface area contributed by atoms with Gasteiger partial charge < -0.3 is 19.7 Å². The molecule has 1 atom stereocenters. The van der Waals surface area contributed by atoms with Gasteiger partial charge in [-0.2, -0.15) is 11.8 Å². The number of thioether (sulfide) groups is 1. The van der Waals surface area contributed by atoms with E-state index in [2.05, 4.69) is 10.2 Å². The van der Waals surface area contributed by atoms with Crippen LogP contribution in [0.25, 0.3) is 0 Å². The van der Waals surface area contributed by atoms with E-state index in [0.29, 0.717) is 26.3 Å². The maximum Gasteiger partial charge on any atom is 0.317 e. The lowest BCUT2D eigenvalue weighted by Crippen LogP contribution is -2.60. The summed E-state index contributed by atoms with van der Waals surface area (Å²) in [5, 5.41) is 3.17. The largest absolute Gasteiger partial charge is 0.379 e. The molecule has 0 radical (unpaired) electrons. The number of hydrogen-bond donors (Lipinski definition) is 1. The van der Waals surface area contributed by atoms with Gasteiger partial charge in [-0.05, 0) is 12.2 Å². The number of carbonyl (C=O) groups excluding carboxylic acids is 1. The molecule has 0 aliphatic carbocycles. The highest BCUT2D eigenvalue weighted by Gasteiger charge is 2.41. The Labute approximate surface area is 130 Å². The molecule has 3 aliphatic heterocycles. The molecule has 3 rings (SSSR count). The summed E-state index contributed by atoms with van der Waals surface area (Å²) in [5.74, 6) is 2.29. The summed E-state index contributed by atoms with van der Waals surface area (Å²) in [7, 11) is 0. The van der Waals surface area contributed by atoms with Crippen LogP contribution in [-0.2, 0) is 9.47 Å². The summed E-state index contributed by atoms with van der Waals surface area (Å²) >= 11 is 1.99. The maximum absolute atomic E-state index is 12.3. The second-order valence-corrected chi connectivity index (χ2v) is 6.99. The van der Waals surface area contributed by atoms with Gasteiger partial charge in [-0.1, -0.05) is 0 Å². The van der Waals surface area contributed by atoms with Gasteiger partial charge in [0, 0.05) is 44.0 Å². The molecular formula is C14H25N3O3S. The summed E-state index contributed by atoms with van der Waals surface area (Å²) in [5.41, 5.74) is 0.121. The number of rotatable bonds is 3. The molecule has 3 saturated heterocycles. The van der Waals surface area contributed by atoms with Crippen molar-refractivity contribution in [2.75, 3.05) is 70.7 Å². The molecule has 3 heterocycles. The molecule has 6 nitrogen and oxygen atoms in total. The van der Waals surface area contributed by atoms with Gasteiger partial charge in [-0.25, -0.2) is 4.79 Å². The van der Waals surface area contributed by atoms with Crippen LogP contribution in [0.2, 0.25) is 0 Å². The Morgan fingerprint density at radius 1 is 1.10 bits per heavy atom. The van der Waals surface area contributed by atoms with Gasteiger partial charge in [0.15, 0.2) is 0 Å². The lowest BCUT2D eigenvalue weighted by molar-refractivity contribution is -0.0132. The lowest BCUT2D eigenvalue weighted by atomic mass is 9.95. The predicted octanol–water partition coefficient (Wildman–Crippen LogP) is 0.236. The van der Waals surface area contributed by atoms with Crippen molar-refractivity contribution in [3.05, 3.63) is 0 Å². The van der Waals surface area contributed by atoms with Crippen LogP contribution in [0.5, 0.6) is 0 Å². The zero-order valence-electron chi connectivity index (χ0n) is 12.5. The highest BCUT2D eigenvalue weighted by Crippen LogP contribution is 2.33. The predicted molar refractivity (Wildman–Crippen MR) is 82.9 cm³/mol. The molecule has 0 saturated carbocycles. The van der Waals surface area contributed by atoms with Crippen molar-refractivity contribution in [2.24, 2.45) is 0 Å². The quantitative estimate of drug-likeness (QED) is 0.808. The first kappa shape index (κ1) is 15.4. The monoisotopic (exact) mass is 315 g/mol. The van der Waals surface area contributed by atoms with Gasteiger partial charge in [0.25, 0.3) is 0 Å². The standard InChI is InChI=1S/C14H25N3O3S/c18-13(16-2-6-19-7-3-16)15-11-14(1-10-21-12-14)17-4-8-20-9-5-17/h1-12H2,(H,15,18). The molecule has 7 heteroatoms. The first-order chi connectivity index (χ1) is 10.3. The van der Waals surface area contributed by atoms with Crippen LogP contribution in [0.15, 0.2) is 0 Å². The minimum absolute atomic E-state index is 0.0582. The fraction of sp³-hybridized carbons (Fsp3) is 0.929. The molecule has 0 aromatic carbocycles. The van der Waals surface area contributed by atoms with Crippen LogP contribution in [-0.4, -0.2) is 92.0 Å². The second-order valence-electron chi connectivity index (χ2n) is 5.88. The number of amides is 2. The van der Waals surface area contributed by atoms with Crippen LogP contribution in [0.1, 0.15) is 6.42 Å². The van der Waals surface area contributed by atoms with Gasteiger partial charge in [0.2, 0.25) is 0 Å². The van der Waals surface area contributed by atoms with Gasteiger partial charge in [0.05, 0.1) is 26.4 Å². The minimum Gasteiger partial charge on any atom is -0.379 e. The Morgan fingerprint density at radius 3 is 2.38 bits per heavy atom. The van der Waals surface area contributed by atoms with E-state index < -0.39 is 0 Å². The van der Waals surface area contributed by atoms with Crippen LogP contribution in [0.3, 0.4) is 0 Å². The molecule has 21 heavy (non-hydrogen) atoms.